The number of benzene rings is 1. The van der Waals surface area contributed by atoms with Gasteiger partial charge in [-0.1, -0.05) is 18.8 Å². The molecule has 1 aliphatic carbocycles. The Kier molecular flexibility index (Phi) is 3.46. The maximum Gasteiger partial charge on any atom is 0.227 e. The number of nitrogens with one attached hydrogen (secondary N) is 1. The van der Waals surface area contributed by atoms with Crippen LogP contribution in [0.2, 0.25) is 0 Å². The van der Waals surface area contributed by atoms with Crippen LogP contribution in [-0.2, 0) is 4.79 Å². The van der Waals surface area contributed by atoms with Gasteiger partial charge in [-0.15, -0.1) is 0 Å². The van der Waals surface area contributed by atoms with Crippen molar-refractivity contribution in [3.05, 3.63) is 29.8 Å². The van der Waals surface area contributed by atoms with E-state index < -0.39 is 0 Å². The number of anilines is 1. The largest absolute Gasteiger partial charge is 0.326 e. The predicted molar refractivity (Wildman–Crippen MR) is 68.3 cm³/mol. The Morgan fingerprint density at radius 2 is 2.12 bits per heavy atom. The Morgan fingerprint density at radius 3 is 2.65 bits per heavy atom. The number of amides is 1. The topological polar surface area (TPSA) is 55.1 Å². The van der Waals surface area contributed by atoms with E-state index in [2.05, 4.69) is 24.1 Å². The molecule has 0 heterocycles. The smallest absolute Gasteiger partial charge is 0.227 e. The summed E-state index contributed by atoms with van der Waals surface area (Å²) in [4.78, 5) is 11.7. The molecule has 0 aromatic heterocycles. The molecule has 0 aliphatic heterocycles. The Labute approximate surface area is 101 Å². The molecule has 2 unspecified atom stereocenters. The van der Waals surface area contributed by atoms with Gasteiger partial charge in [0.1, 0.15) is 0 Å². The second-order valence-corrected chi connectivity index (χ2v) is 4.39. The van der Waals surface area contributed by atoms with Crippen LogP contribution in [0.1, 0.15) is 18.9 Å². The van der Waals surface area contributed by atoms with Crippen LogP contribution in [-0.4, -0.2) is 12.5 Å². The second kappa shape index (κ2) is 5.03. The molecule has 0 spiro atoms. The van der Waals surface area contributed by atoms with Gasteiger partial charge in [0, 0.05) is 17.2 Å². The summed E-state index contributed by atoms with van der Waals surface area (Å²) in [6.07, 6.45) is 1.01. The van der Waals surface area contributed by atoms with E-state index in [9.17, 15) is 4.79 Å². The van der Waals surface area contributed by atoms with Crippen molar-refractivity contribution in [2.75, 3.05) is 11.9 Å². The Balaban J connectivity index is 1.96. The summed E-state index contributed by atoms with van der Waals surface area (Å²) in [7, 11) is 0. The summed E-state index contributed by atoms with van der Waals surface area (Å²) in [5, 5.41) is 2.91. The van der Waals surface area contributed by atoms with Gasteiger partial charge >= 0.3 is 0 Å². The summed E-state index contributed by atoms with van der Waals surface area (Å²) < 4.78 is 0. The van der Waals surface area contributed by atoms with E-state index in [-0.39, 0.29) is 11.8 Å². The molecule has 3 nitrogen and oxygen atoms in total. The standard InChI is InChI=1S/C14H16N2O/c1-10-9-13(10)14(17)16-12-6-4-11(5-7-12)3-2-8-15/h4-7,10,13H,8-9,15H2,1H3,(H,16,17). The third-order valence-electron chi connectivity index (χ3n) is 2.93. The van der Waals surface area contributed by atoms with Crippen molar-refractivity contribution < 1.29 is 4.79 Å². The van der Waals surface area contributed by atoms with E-state index in [0.717, 1.165) is 17.7 Å². The number of hydrogen-bond acceptors (Lipinski definition) is 2. The van der Waals surface area contributed by atoms with Gasteiger partial charge in [0.05, 0.1) is 6.54 Å². The van der Waals surface area contributed by atoms with Gasteiger partial charge in [0.15, 0.2) is 0 Å². The minimum atomic E-state index is 0.123. The number of carbonyl (C=O) groups is 1. The fourth-order valence-corrected chi connectivity index (χ4v) is 1.71. The SMILES string of the molecule is CC1CC1C(=O)Nc1ccc(C#CCN)cc1. The average molecular weight is 228 g/mol. The number of hydrogen-bond donors (Lipinski definition) is 2. The minimum Gasteiger partial charge on any atom is -0.326 e. The van der Waals surface area contributed by atoms with Crippen LogP contribution >= 0.6 is 0 Å². The molecule has 1 aromatic rings. The number of nitrogens with two attached hydrogens (primary N) is 1. The molecule has 1 amide bonds. The fraction of sp³-hybridized carbons (Fsp3) is 0.357. The summed E-state index contributed by atoms with van der Waals surface area (Å²) in [6.45, 7) is 2.45. The lowest BCUT2D eigenvalue weighted by Gasteiger charge is -2.04. The first-order valence-corrected chi connectivity index (χ1v) is 5.80. The molecule has 17 heavy (non-hydrogen) atoms. The van der Waals surface area contributed by atoms with E-state index in [0.29, 0.717) is 12.5 Å². The maximum atomic E-state index is 11.7. The first-order chi connectivity index (χ1) is 8.20. The lowest BCUT2D eigenvalue weighted by Crippen LogP contribution is -2.14. The van der Waals surface area contributed by atoms with Gasteiger partial charge in [-0.05, 0) is 36.6 Å². The van der Waals surface area contributed by atoms with Crippen molar-refractivity contribution in [3.8, 4) is 11.8 Å². The maximum absolute atomic E-state index is 11.7. The molecular weight excluding hydrogens is 212 g/mol. The second-order valence-electron chi connectivity index (χ2n) is 4.39. The molecule has 0 radical (unpaired) electrons. The van der Waals surface area contributed by atoms with Crippen LogP contribution in [0.25, 0.3) is 0 Å². The lowest BCUT2D eigenvalue weighted by atomic mass is 10.2. The molecule has 2 atom stereocenters. The molecule has 0 saturated heterocycles. The highest BCUT2D eigenvalue weighted by molar-refractivity contribution is 5.94. The van der Waals surface area contributed by atoms with Gasteiger partial charge in [-0.3, -0.25) is 4.79 Å². The first kappa shape index (κ1) is 11.7. The predicted octanol–water partition coefficient (Wildman–Crippen LogP) is 1.59. The van der Waals surface area contributed by atoms with E-state index in [1.165, 1.54) is 0 Å². The Bertz CT molecular complexity index is 467. The van der Waals surface area contributed by atoms with E-state index in [1.807, 2.05) is 24.3 Å². The first-order valence-electron chi connectivity index (χ1n) is 5.80. The highest BCUT2D eigenvalue weighted by Crippen LogP contribution is 2.38. The van der Waals surface area contributed by atoms with Crippen LogP contribution < -0.4 is 11.1 Å². The zero-order chi connectivity index (χ0) is 12.3. The van der Waals surface area contributed by atoms with Gasteiger partial charge in [-0.2, -0.15) is 0 Å². The molecule has 1 aliphatic rings. The fourth-order valence-electron chi connectivity index (χ4n) is 1.71. The van der Waals surface area contributed by atoms with Crippen molar-refractivity contribution in [1.82, 2.24) is 0 Å². The summed E-state index contributed by atoms with van der Waals surface area (Å²) in [6, 6.07) is 7.50. The number of carbonyl (C=O) groups excluding carboxylic acids is 1. The minimum absolute atomic E-state index is 0.123. The Hall–Kier alpha value is -1.79. The van der Waals surface area contributed by atoms with Crippen LogP contribution in [0.3, 0.4) is 0 Å². The molecule has 1 saturated carbocycles. The third kappa shape index (κ3) is 3.08. The molecule has 0 bridgehead atoms. The van der Waals surface area contributed by atoms with E-state index >= 15 is 0 Å². The van der Waals surface area contributed by atoms with Crippen LogP contribution in [0.15, 0.2) is 24.3 Å². The van der Waals surface area contributed by atoms with Crippen LogP contribution in [0.4, 0.5) is 5.69 Å². The molecule has 3 N–H and O–H groups in total. The zero-order valence-corrected chi connectivity index (χ0v) is 9.86. The van der Waals surface area contributed by atoms with E-state index in [1.54, 1.807) is 0 Å². The zero-order valence-electron chi connectivity index (χ0n) is 9.86. The Morgan fingerprint density at radius 1 is 1.47 bits per heavy atom. The van der Waals surface area contributed by atoms with Crippen molar-refractivity contribution >= 4 is 11.6 Å². The van der Waals surface area contributed by atoms with Crippen molar-refractivity contribution in [3.63, 3.8) is 0 Å². The van der Waals surface area contributed by atoms with E-state index in [4.69, 9.17) is 5.73 Å². The van der Waals surface area contributed by atoms with Gasteiger partial charge in [0.2, 0.25) is 5.91 Å². The molecular formula is C14H16N2O. The van der Waals surface area contributed by atoms with Crippen LogP contribution in [0.5, 0.6) is 0 Å². The van der Waals surface area contributed by atoms with Gasteiger partial charge < -0.3 is 11.1 Å². The van der Waals surface area contributed by atoms with Gasteiger partial charge in [-0.25, -0.2) is 0 Å². The summed E-state index contributed by atoms with van der Waals surface area (Å²) in [5.41, 5.74) is 7.03. The normalized spacial score (nSPS) is 21.3. The molecule has 2 rings (SSSR count). The van der Waals surface area contributed by atoms with Gasteiger partial charge in [0.25, 0.3) is 0 Å². The lowest BCUT2D eigenvalue weighted by molar-refractivity contribution is -0.117. The van der Waals surface area contributed by atoms with Crippen LogP contribution in [0, 0.1) is 23.7 Å². The molecule has 1 fully saturated rings. The van der Waals surface area contributed by atoms with Crippen molar-refractivity contribution in [1.29, 1.82) is 0 Å². The quantitative estimate of drug-likeness (QED) is 0.755. The highest BCUT2D eigenvalue weighted by atomic mass is 16.2. The number of rotatable bonds is 2. The molecule has 1 aromatic carbocycles. The molecule has 3 heteroatoms. The van der Waals surface area contributed by atoms with Crippen molar-refractivity contribution in [2.45, 2.75) is 13.3 Å². The summed E-state index contributed by atoms with van der Waals surface area (Å²) in [5.74, 6) is 6.58. The highest BCUT2D eigenvalue weighted by Gasteiger charge is 2.38. The monoisotopic (exact) mass is 228 g/mol. The summed E-state index contributed by atoms with van der Waals surface area (Å²) >= 11 is 0. The van der Waals surface area contributed by atoms with Crippen molar-refractivity contribution in [2.24, 2.45) is 17.6 Å². The third-order valence-corrected chi connectivity index (χ3v) is 2.93. The average Bonchev–Trinajstić information content (AvgIpc) is 3.06. The molecule has 88 valence electrons.